The largest absolute Gasteiger partial charge is 0.303 e. The molecular weight excluding hydrogens is 380 g/mol. The topological polar surface area (TPSA) is 64.0 Å². The van der Waals surface area contributed by atoms with Crippen LogP contribution in [0.3, 0.4) is 0 Å². The highest BCUT2D eigenvalue weighted by Crippen LogP contribution is 2.22. The number of nitrogens with two attached hydrogens (primary N) is 1. The summed E-state index contributed by atoms with van der Waals surface area (Å²) in [7, 11) is 0. The molecule has 2 heterocycles. The van der Waals surface area contributed by atoms with Gasteiger partial charge in [-0.3, -0.25) is 20.4 Å². The highest BCUT2D eigenvalue weighted by atomic mass is 32.1. The molecule has 0 aliphatic carbocycles. The maximum Gasteiger partial charge on any atom is 0.269 e. The first-order chi connectivity index (χ1) is 14.0. The monoisotopic (exact) mass is 411 g/mol. The van der Waals surface area contributed by atoms with Crippen molar-refractivity contribution in [1.82, 2.24) is 9.80 Å². The molecular formula is C23H31N4OS+. The van der Waals surface area contributed by atoms with E-state index in [0.29, 0.717) is 10.8 Å². The molecule has 0 atom stereocenters. The van der Waals surface area contributed by atoms with Gasteiger partial charge in [0.2, 0.25) is 0 Å². The van der Waals surface area contributed by atoms with Crippen LogP contribution in [0.4, 0.5) is 5.69 Å². The Morgan fingerprint density at radius 3 is 2.59 bits per heavy atom. The first-order valence-electron chi connectivity index (χ1n) is 10.3. The van der Waals surface area contributed by atoms with Crippen molar-refractivity contribution in [3.63, 3.8) is 0 Å². The number of hydrogen-bond acceptors (Lipinski definition) is 4. The molecule has 3 rings (SSSR count). The SMILES string of the molecule is CC(C)CN1CCC(N(C(=N)/C=C\[NH2+]c2ccccc2)C(=O)c2cccs2)CC1. The molecule has 5 nitrogen and oxygen atoms in total. The Bertz CT molecular complexity index is 809. The number of hydrogen-bond donors (Lipinski definition) is 2. The summed E-state index contributed by atoms with van der Waals surface area (Å²) < 4.78 is 0. The minimum atomic E-state index is -0.0586. The van der Waals surface area contributed by atoms with Gasteiger partial charge in [-0.1, -0.05) is 38.1 Å². The minimum absolute atomic E-state index is 0.0586. The number of nitrogens with one attached hydrogen (secondary N) is 1. The van der Waals surface area contributed by atoms with Crippen molar-refractivity contribution in [1.29, 1.82) is 5.41 Å². The lowest BCUT2D eigenvalue weighted by molar-refractivity contribution is -0.496. The Kier molecular flexibility index (Phi) is 7.75. The average Bonchev–Trinajstić information content (AvgIpc) is 3.25. The van der Waals surface area contributed by atoms with Crippen LogP contribution in [0, 0.1) is 11.3 Å². The number of piperidine rings is 1. The Morgan fingerprint density at radius 2 is 1.97 bits per heavy atom. The minimum Gasteiger partial charge on any atom is -0.303 e. The molecule has 0 radical (unpaired) electrons. The van der Waals surface area contributed by atoms with Gasteiger partial charge in [-0.05, 0) is 42.3 Å². The summed E-state index contributed by atoms with van der Waals surface area (Å²) in [6.07, 6.45) is 5.41. The van der Waals surface area contributed by atoms with Crippen LogP contribution in [0.15, 0.2) is 60.1 Å². The predicted molar refractivity (Wildman–Crippen MR) is 120 cm³/mol. The second kappa shape index (κ2) is 10.5. The van der Waals surface area contributed by atoms with Crippen molar-refractivity contribution in [2.24, 2.45) is 5.92 Å². The van der Waals surface area contributed by atoms with Crippen molar-refractivity contribution >= 4 is 28.8 Å². The molecule has 0 spiro atoms. The number of thiophene rings is 1. The zero-order chi connectivity index (χ0) is 20.6. The second-order valence-electron chi connectivity index (χ2n) is 7.90. The average molecular weight is 412 g/mol. The highest BCUT2D eigenvalue weighted by Gasteiger charge is 2.31. The van der Waals surface area contributed by atoms with Gasteiger partial charge in [0.05, 0.1) is 4.88 Å². The molecule has 6 heteroatoms. The maximum absolute atomic E-state index is 13.2. The lowest BCUT2D eigenvalue weighted by Gasteiger charge is -2.38. The van der Waals surface area contributed by atoms with Crippen LogP contribution in [0.1, 0.15) is 36.4 Å². The zero-order valence-electron chi connectivity index (χ0n) is 17.3. The number of rotatable bonds is 7. The van der Waals surface area contributed by atoms with Crippen LogP contribution >= 0.6 is 11.3 Å². The van der Waals surface area contributed by atoms with Crippen molar-refractivity contribution in [2.75, 3.05) is 19.6 Å². The quantitative estimate of drug-likeness (QED) is 0.415. The van der Waals surface area contributed by atoms with Gasteiger partial charge >= 0.3 is 0 Å². The smallest absolute Gasteiger partial charge is 0.269 e. The molecule has 1 aromatic heterocycles. The van der Waals surface area contributed by atoms with Crippen LogP contribution in [-0.2, 0) is 0 Å². The van der Waals surface area contributed by atoms with Crippen molar-refractivity contribution in [3.8, 4) is 0 Å². The number of amidine groups is 1. The van der Waals surface area contributed by atoms with Crippen LogP contribution in [0.25, 0.3) is 0 Å². The standard InChI is InChI=1S/C23H30N4OS/c1-18(2)17-26-14-11-20(12-15-26)27(23(28)21-9-6-16-29-21)22(24)10-13-25-19-7-4-3-5-8-19/h3-10,13,16,18,20,24-25H,11-12,14-15,17H2,1-2H3/p+1/b13-10-,24-22?. The molecule has 0 unspecified atom stereocenters. The summed E-state index contributed by atoms with van der Waals surface area (Å²) >= 11 is 1.44. The first-order valence-corrected chi connectivity index (χ1v) is 11.2. The zero-order valence-corrected chi connectivity index (χ0v) is 18.1. The molecule has 154 valence electrons. The number of carbonyl (C=O) groups excluding carboxylic acids is 1. The van der Waals surface area contributed by atoms with E-state index in [0.717, 1.165) is 38.2 Å². The number of quaternary nitrogens is 1. The van der Waals surface area contributed by atoms with Crippen molar-refractivity contribution in [2.45, 2.75) is 32.7 Å². The van der Waals surface area contributed by atoms with E-state index in [9.17, 15) is 4.79 Å². The third-order valence-electron chi connectivity index (χ3n) is 5.10. The van der Waals surface area contributed by atoms with Gasteiger partial charge in [-0.15, -0.1) is 11.3 Å². The van der Waals surface area contributed by atoms with E-state index >= 15 is 0 Å². The molecule has 2 aromatic rings. The molecule has 1 aliphatic rings. The van der Waals surface area contributed by atoms with Crippen molar-refractivity contribution in [3.05, 3.63) is 65.0 Å². The van der Waals surface area contributed by atoms with Gasteiger partial charge in [0.25, 0.3) is 5.91 Å². The second-order valence-corrected chi connectivity index (χ2v) is 8.85. The van der Waals surface area contributed by atoms with E-state index in [1.807, 2.05) is 59.4 Å². The van der Waals surface area contributed by atoms with Gasteiger partial charge in [0.1, 0.15) is 17.7 Å². The Morgan fingerprint density at radius 1 is 1.24 bits per heavy atom. The first kappa shape index (κ1) is 21.4. The molecule has 1 aliphatic heterocycles. The number of likely N-dealkylation sites (tertiary alicyclic amines) is 1. The lowest BCUT2D eigenvalue weighted by atomic mass is 10.0. The summed E-state index contributed by atoms with van der Waals surface area (Å²) in [4.78, 5) is 18.0. The molecule has 29 heavy (non-hydrogen) atoms. The normalized spacial score (nSPS) is 15.8. The maximum atomic E-state index is 13.2. The molecule has 3 N–H and O–H groups in total. The summed E-state index contributed by atoms with van der Waals surface area (Å²) in [6, 6.07) is 13.8. The van der Waals surface area contributed by atoms with E-state index in [4.69, 9.17) is 5.41 Å². The molecule has 1 aromatic carbocycles. The number of para-hydroxylation sites is 1. The molecule has 0 saturated carbocycles. The van der Waals surface area contributed by atoms with Gasteiger partial charge < -0.3 is 4.90 Å². The Labute approximate surface area is 177 Å². The fourth-order valence-electron chi connectivity index (χ4n) is 3.76. The Balaban J connectivity index is 1.69. The third-order valence-corrected chi connectivity index (χ3v) is 5.96. The number of amides is 1. The fraction of sp³-hybridized carbons (Fsp3) is 0.391. The number of nitrogens with zero attached hydrogens (tertiary/aromatic N) is 2. The molecule has 0 bridgehead atoms. The highest BCUT2D eigenvalue weighted by molar-refractivity contribution is 7.12. The van der Waals surface area contributed by atoms with Crippen LogP contribution < -0.4 is 5.32 Å². The van der Waals surface area contributed by atoms with E-state index in [1.54, 1.807) is 11.0 Å². The van der Waals surface area contributed by atoms with Gasteiger partial charge in [0, 0.05) is 31.8 Å². The lowest BCUT2D eigenvalue weighted by Crippen LogP contribution is -2.71. The third kappa shape index (κ3) is 6.10. The van der Waals surface area contributed by atoms with Gasteiger partial charge in [0.15, 0.2) is 0 Å². The Hall–Kier alpha value is -2.28. The van der Waals surface area contributed by atoms with Crippen LogP contribution in [0.2, 0.25) is 0 Å². The van der Waals surface area contributed by atoms with Gasteiger partial charge in [-0.25, -0.2) is 0 Å². The van der Waals surface area contributed by atoms with E-state index in [1.165, 1.54) is 11.3 Å². The summed E-state index contributed by atoms with van der Waals surface area (Å²) in [5, 5.41) is 12.5. The number of carbonyl (C=O) groups is 1. The number of benzene rings is 1. The van der Waals surface area contributed by atoms with E-state index < -0.39 is 0 Å². The summed E-state index contributed by atoms with van der Waals surface area (Å²) in [6.45, 7) is 7.52. The van der Waals surface area contributed by atoms with Crippen LogP contribution in [-0.4, -0.2) is 47.2 Å². The van der Waals surface area contributed by atoms with Gasteiger partial charge in [-0.2, -0.15) is 0 Å². The van der Waals surface area contributed by atoms with Crippen LogP contribution in [0.5, 0.6) is 0 Å². The van der Waals surface area contributed by atoms with E-state index in [2.05, 4.69) is 18.7 Å². The predicted octanol–water partition coefficient (Wildman–Crippen LogP) is 3.70. The fourth-order valence-corrected chi connectivity index (χ4v) is 4.42. The summed E-state index contributed by atoms with van der Waals surface area (Å²) in [5.74, 6) is 0.847. The summed E-state index contributed by atoms with van der Waals surface area (Å²) in [5.41, 5.74) is 1.08. The van der Waals surface area contributed by atoms with E-state index in [-0.39, 0.29) is 17.8 Å². The van der Waals surface area contributed by atoms with Crippen molar-refractivity contribution < 1.29 is 10.1 Å². The molecule has 1 amide bonds. The molecule has 1 saturated heterocycles. The molecule has 1 fully saturated rings.